The van der Waals surface area contributed by atoms with Crippen molar-refractivity contribution in [1.29, 1.82) is 0 Å². The number of aryl methyl sites for hydroxylation is 1. The molecular formula is C18H18Cl2FN3O2. The van der Waals surface area contributed by atoms with Crippen molar-refractivity contribution in [2.45, 2.75) is 6.92 Å². The molecule has 0 aliphatic heterocycles. The third-order valence-corrected chi connectivity index (χ3v) is 4.14. The first-order valence-corrected chi connectivity index (χ1v) is 8.50. The van der Waals surface area contributed by atoms with Crippen molar-refractivity contribution >= 4 is 46.4 Å². The summed E-state index contributed by atoms with van der Waals surface area (Å²) < 4.78 is 13.5. The van der Waals surface area contributed by atoms with Gasteiger partial charge in [0.25, 0.3) is 0 Å². The van der Waals surface area contributed by atoms with Crippen LogP contribution in [0, 0.1) is 12.7 Å². The van der Waals surface area contributed by atoms with Crippen molar-refractivity contribution in [2.24, 2.45) is 0 Å². The standard InChI is InChI=1S/C18H18Cl2FN3O2/c1-11-6-7-12(8-15(11)21)22-16(25)9-24(2)10-17(26)23-18-13(19)4-3-5-14(18)20/h3-8H,9-10H2,1-2H3,(H,22,25)(H,23,26). The van der Waals surface area contributed by atoms with Gasteiger partial charge in [0.15, 0.2) is 0 Å². The number of anilines is 2. The summed E-state index contributed by atoms with van der Waals surface area (Å²) in [4.78, 5) is 25.6. The van der Waals surface area contributed by atoms with E-state index in [9.17, 15) is 14.0 Å². The summed E-state index contributed by atoms with van der Waals surface area (Å²) >= 11 is 12.0. The van der Waals surface area contributed by atoms with Gasteiger partial charge in [0.05, 0.1) is 28.8 Å². The number of rotatable bonds is 6. The van der Waals surface area contributed by atoms with E-state index in [1.807, 2.05) is 0 Å². The minimum Gasteiger partial charge on any atom is -0.325 e. The van der Waals surface area contributed by atoms with Gasteiger partial charge in [-0.05, 0) is 43.8 Å². The second kappa shape index (κ2) is 8.98. The Hall–Kier alpha value is -2.15. The number of benzene rings is 2. The molecule has 2 amide bonds. The summed E-state index contributed by atoms with van der Waals surface area (Å²) in [5.41, 5.74) is 1.18. The molecule has 26 heavy (non-hydrogen) atoms. The maximum absolute atomic E-state index is 13.5. The highest BCUT2D eigenvalue weighted by Gasteiger charge is 2.14. The van der Waals surface area contributed by atoms with Crippen LogP contribution in [-0.2, 0) is 9.59 Å². The van der Waals surface area contributed by atoms with Gasteiger partial charge in [-0.25, -0.2) is 4.39 Å². The molecule has 0 aromatic heterocycles. The fourth-order valence-electron chi connectivity index (χ4n) is 2.21. The molecule has 0 fully saturated rings. The molecule has 5 nitrogen and oxygen atoms in total. The molecule has 0 atom stereocenters. The highest BCUT2D eigenvalue weighted by atomic mass is 35.5. The Morgan fingerprint density at radius 2 is 1.62 bits per heavy atom. The quantitative estimate of drug-likeness (QED) is 0.775. The molecule has 0 bridgehead atoms. The number of hydrogen-bond donors (Lipinski definition) is 2. The van der Waals surface area contributed by atoms with Gasteiger partial charge in [0.2, 0.25) is 11.8 Å². The smallest absolute Gasteiger partial charge is 0.238 e. The van der Waals surface area contributed by atoms with Crippen molar-refractivity contribution in [3.8, 4) is 0 Å². The lowest BCUT2D eigenvalue weighted by atomic mass is 10.2. The lowest BCUT2D eigenvalue weighted by Crippen LogP contribution is -2.36. The second-order valence-electron chi connectivity index (χ2n) is 5.83. The molecule has 0 radical (unpaired) electrons. The molecule has 0 heterocycles. The molecule has 0 unspecified atom stereocenters. The largest absolute Gasteiger partial charge is 0.325 e. The zero-order valence-electron chi connectivity index (χ0n) is 14.3. The topological polar surface area (TPSA) is 61.4 Å². The van der Waals surface area contributed by atoms with Gasteiger partial charge in [-0.2, -0.15) is 0 Å². The van der Waals surface area contributed by atoms with Crippen molar-refractivity contribution in [3.63, 3.8) is 0 Å². The van der Waals surface area contributed by atoms with E-state index in [1.54, 1.807) is 44.3 Å². The minimum absolute atomic E-state index is 0.0425. The van der Waals surface area contributed by atoms with Crippen molar-refractivity contribution in [3.05, 3.63) is 57.8 Å². The fourth-order valence-corrected chi connectivity index (χ4v) is 2.71. The van der Waals surface area contributed by atoms with E-state index in [4.69, 9.17) is 23.2 Å². The van der Waals surface area contributed by atoms with Crippen LogP contribution in [0.5, 0.6) is 0 Å². The molecule has 0 spiro atoms. The van der Waals surface area contributed by atoms with Crippen LogP contribution < -0.4 is 10.6 Å². The van der Waals surface area contributed by atoms with Crippen LogP contribution in [0.3, 0.4) is 0 Å². The zero-order chi connectivity index (χ0) is 19.3. The summed E-state index contributed by atoms with van der Waals surface area (Å²) in [6.07, 6.45) is 0. The molecule has 2 N–H and O–H groups in total. The highest BCUT2D eigenvalue weighted by molar-refractivity contribution is 6.39. The number of halogens is 3. The minimum atomic E-state index is -0.396. The van der Waals surface area contributed by atoms with Gasteiger partial charge in [-0.15, -0.1) is 0 Å². The van der Waals surface area contributed by atoms with E-state index in [-0.39, 0.29) is 24.9 Å². The molecule has 0 aliphatic carbocycles. The van der Waals surface area contributed by atoms with Crippen molar-refractivity contribution < 1.29 is 14.0 Å². The normalized spacial score (nSPS) is 10.7. The van der Waals surface area contributed by atoms with Gasteiger partial charge >= 0.3 is 0 Å². The van der Waals surface area contributed by atoms with Crippen molar-refractivity contribution in [2.75, 3.05) is 30.8 Å². The molecule has 2 aromatic rings. The Morgan fingerprint density at radius 3 is 2.19 bits per heavy atom. The maximum Gasteiger partial charge on any atom is 0.238 e. The maximum atomic E-state index is 13.5. The predicted molar refractivity (Wildman–Crippen MR) is 102 cm³/mol. The van der Waals surface area contributed by atoms with Gasteiger partial charge < -0.3 is 10.6 Å². The summed E-state index contributed by atoms with van der Waals surface area (Å²) in [6.45, 7) is 1.55. The van der Waals surface area contributed by atoms with E-state index in [1.165, 1.54) is 11.0 Å². The second-order valence-corrected chi connectivity index (χ2v) is 6.64. The predicted octanol–water partition coefficient (Wildman–Crippen LogP) is 3.95. The van der Waals surface area contributed by atoms with Gasteiger partial charge in [-0.3, -0.25) is 14.5 Å². The number of para-hydroxylation sites is 1. The van der Waals surface area contributed by atoms with Crippen LogP contribution >= 0.6 is 23.2 Å². The van der Waals surface area contributed by atoms with Crippen LogP contribution in [-0.4, -0.2) is 36.9 Å². The molecule has 138 valence electrons. The van der Waals surface area contributed by atoms with E-state index in [2.05, 4.69) is 10.6 Å². The Bertz CT molecular complexity index is 810. The first-order valence-electron chi connectivity index (χ1n) is 7.74. The molecule has 0 saturated carbocycles. The molecule has 8 heteroatoms. The van der Waals surface area contributed by atoms with Gasteiger partial charge in [-0.1, -0.05) is 35.3 Å². The van der Waals surface area contributed by atoms with Crippen LogP contribution in [0.4, 0.5) is 15.8 Å². The third-order valence-electron chi connectivity index (χ3n) is 3.51. The third kappa shape index (κ3) is 5.69. The number of carbonyl (C=O) groups excluding carboxylic acids is 2. The number of nitrogens with zero attached hydrogens (tertiary/aromatic N) is 1. The number of likely N-dealkylation sites (N-methyl/N-ethyl adjacent to an activating group) is 1. The lowest BCUT2D eigenvalue weighted by molar-refractivity contribution is -0.119. The summed E-state index contributed by atoms with van der Waals surface area (Å²) in [7, 11) is 1.61. The van der Waals surface area contributed by atoms with E-state index in [0.29, 0.717) is 27.0 Å². The van der Waals surface area contributed by atoms with Gasteiger partial charge in [0.1, 0.15) is 5.82 Å². The monoisotopic (exact) mass is 397 g/mol. The molecular weight excluding hydrogens is 380 g/mol. The van der Waals surface area contributed by atoms with Crippen molar-refractivity contribution in [1.82, 2.24) is 4.90 Å². The van der Waals surface area contributed by atoms with Gasteiger partial charge in [0, 0.05) is 5.69 Å². The molecule has 0 saturated heterocycles. The van der Waals surface area contributed by atoms with Crippen LogP contribution in [0.25, 0.3) is 0 Å². The highest BCUT2D eigenvalue weighted by Crippen LogP contribution is 2.29. The molecule has 0 aliphatic rings. The van der Waals surface area contributed by atoms with E-state index in [0.717, 1.165) is 0 Å². The Balaban J connectivity index is 1.87. The molecule has 2 rings (SSSR count). The first-order chi connectivity index (χ1) is 12.3. The zero-order valence-corrected chi connectivity index (χ0v) is 15.8. The Labute approximate surface area is 161 Å². The summed E-state index contributed by atoms with van der Waals surface area (Å²) in [6, 6.07) is 9.34. The summed E-state index contributed by atoms with van der Waals surface area (Å²) in [5.74, 6) is -1.12. The Morgan fingerprint density at radius 1 is 1.04 bits per heavy atom. The lowest BCUT2D eigenvalue weighted by Gasteiger charge is -2.17. The number of nitrogens with one attached hydrogen (secondary N) is 2. The summed E-state index contributed by atoms with van der Waals surface area (Å²) in [5, 5.41) is 5.86. The van der Waals surface area contributed by atoms with E-state index >= 15 is 0 Å². The van der Waals surface area contributed by atoms with E-state index < -0.39 is 5.82 Å². The Kier molecular flexibility index (Phi) is 6.97. The average Bonchev–Trinajstić information content (AvgIpc) is 2.54. The SMILES string of the molecule is Cc1ccc(NC(=O)CN(C)CC(=O)Nc2c(Cl)cccc2Cl)cc1F. The number of hydrogen-bond acceptors (Lipinski definition) is 3. The fraction of sp³-hybridized carbons (Fsp3) is 0.222. The number of carbonyl (C=O) groups is 2. The number of amides is 2. The molecule has 2 aromatic carbocycles. The van der Waals surface area contributed by atoms with Crippen LogP contribution in [0.15, 0.2) is 36.4 Å². The van der Waals surface area contributed by atoms with Crippen LogP contribution in [0.1, 0.15) is 5.56 Å². The average molecular weight is 398 g/mol. The van der Waals surface area contributed by atoms with Crippen LogP contribution in [0.2, 0.25) is 10.0 Å². The first kappa shape index (κ1) is 20.2.